The van der Waals surface area contributed by atoms with Gasteiger partial charge in [-0.3, -0.25) is 4.18 Å². The average Bonchev–Trinajstić information content (AvgIpc) is 2.92. The fourth-order valence-corrected chi connectivity index (χ4v) is 4.31. The molecule has 0 unspecified atom stereocenters. The third-order valence-corrected chi connectivity index (χ3v) is 6.58. The highest BCUT2D eigenvalue weighted by atomic mass is 32.2. The van der Waals surface area contributed by atoms with Crippen molar-refractivity contribution in [2.24, 2.45) is 0 Å². The van der Waals surface area contributed by atoms with Crippen LogP contribution in [0.4, 0.5) is 0 Å². The van der Waals surface area contributed by atoms with Gasteiger partial charge in [0.05, 0.1) is 19.1 Å². The van der Waals surface area contributed by atoms with Crippen LogP contribution in [0.2, 0.25) is 0 Å². The number of rotatable bonds is 12. The monoisotopic (exact) mass is 533 g/mol. The number of ether oxygens (including phenoxy) is 1. The highest BCUT2D eigenvalue weighted by molar-refractivity contribution is 7.85. The molecule has 2 aromatic carbocycles. The van der Waals surface area contributed by atoms with Gasteiger partial charge in [-0.25, -0.2) is 9.78 Å². The Morgan fingerprint density at radius 3 is 2.08 bits per heavy atom. The number of carbonyl (C=O) groups is 1. The molecule has 0 fully saturated rings. The van der Waals surface area contributed by atoms with E-state index in [1.807, 2.05) is 24.3 Å². The molecule has 0 N–H and O–H groups in total. The molecule has 0 aliphatic rings. The molecule has 0 saturated carbocycles. The Morgan fingerprint density at radius 1 is 0.842 bits per heavy atom. The predicted molar refractivity (Wildman–Crippen MR) is 150 cm³/mol. The summed E-state index contributed by atoms with van der Waals surface area (Å²) >= 11 is 0. The van der Waals surface area contributed by atoms with Gasteiger partial charge in [-0.1, -0.05) is 87.3 Å². The number of pyridine rings is 1. The van der Waals surface area contributed by atoms with E-state index >= 15 is 0 Å². The first kappa shape index (κ1) is 29.1. The number of benzene rings is 2. The second-order valence-corrected chi connectivity index (χ2v) is 10.9. The quantitative estimate of drug-likeness (QED) is 0.117. The van der Waals surface area contributed by atoms with Crippen LogP contribution in [0.15, 0.2) is 60.7 Å². The lowest BCUT2D eigenvalue weighted by Gasteiger charge is -2.06. The van der Waals surface area contributed by atoms with Crippen LogP contribution >= 0.6 is 0 Å². The minimum Gasteiger partial charge on any atom is -0.464 e. The number of nitrogens with zero attached hydrogens (tertiary/aromatic N) is 1. The van der Waals surface area contributed by atoms with Crippen molar-refractivity contribution in [2.75, 3.05) is 13.4 Å². The van der Waals surface area contributed by atoms with Crippen LogP contribution in [0.3, 0.4) is 0 Å². The number of aromatic nitrogens is 1. The van der Waals surface area contributed by atoms with Crippen LogP contribution in [0.25, 0.3) is 11.1 Å². The van der Waals surface area contributed by atoms with Crippen molar-refractivity contribution >= 4 is 16.1 Å². The average molecular weight is 534 g/mol. The molecular weight excluding hydrogens is 498 g/mol. The first-order valence-electron chi connectivity index (χ1n) is 12.9. The number of hydrogen-bond acceptors (Lipinski definition) is 6. The van der Waals surface area contributed by atoms with E-state index in [0.29, 0.717) is 5.56 Å². The molecule has 0 bridgehead atoms. The molecule has 38 heavy (non-hydrogen) atoms. The van der Waals surface area contributed by atoms with Crippen LogP contribution < -0.4 is 0 Å². The van der Waals surface area contributed by atoms with Gasteiger partial charge >= 0.3 is 5.97 Å². The Balaban J connectivity index is 1.66. The molecule has 200 valence electrons. The minimum atomic E-state index is -3.66. The zero-order chi connectivity index (χ0) is 27.4. The SMILES string of the molecule is CCCCCCCCc1ccc(-c2ccc(C#Cc3cc(COS(C)(=O)=O)nc(C(=O)OC)c3)cc2)cc1. The van der Waals surface area contributed by atoms with Crippen molar-refractivity contribution in [3.8, 4) is 23.0 Å². The summed E-state index contributed by atoms with van der Waals surface area (Å²) in [5, 5.41) is 0. The number of aryl methyl sites for hydroxylation is 1. The zero-order valence-electron chi connectivity index (χ0n) is 22.3. The smallest absolute Gasteiger partial charge is 0.356 e. The van der Waals surface area contributed by atoms with Crippen molar-refractivity contribution in [1.82, 2.24) is 4.98 Å². The normalized spacial score (nSPS) is 11.0. The summed E-state index contributed by atoms with van der Waals surface area (Å²) in [5.41, 5.74) is 5.23. The summed E-state index contributed by atoms with van der Waals surface area (Å²) in [4.78, 5) is 16.1. The van der Waals surface area contributed by atoms with Crippen molar-refractivity contribution in [2.45, 2.75) is 58.5 Å². The summed E-state index contributed by atoms with van der Waals surface area (Å²) in [6.07, 6.45) is 9.89. The van der Waals surface area contributed by atoms with Gasteiger partial charge in [0, 0.05) is 11.1 Å². The first-order valence-corrected chi connectivity index (χ1v) is 14.7. The topological polar surface area (TPSA) is 82.6 Å². The second-order valence-electron chi connectivity index (χ2n) is 9.23. The first-order chi connectivity index (χ1) is 18.3. The van der Waals surface area contributed by atoms with E-state index in [2.05, 4.69) is 48.0 Å². The van der Waals surface area contributed by atoms with E-state index in [4.69, 9.17) is 8.92 Å². The molecule has 1 aromatic heterocycles. The molecule has 0 aliphatic heterocycles. The van der Waals surface area contributed by atoms with Gasteiger partial charge in [0.2, 0.25) is 0 Å². The molecule has 0 spiro atoms. The summed E-state index contributed by atoms with van der Waals surface area (Å²) in [5.74, 6) is 5.46. The van der Waals surface area contributed by atoms with Gasteiger partial charge in [0.25, 0.3) is 10.1 Å². The van der Waals surface area contributed by atoms with E-state index in [9.17, 15) is 13.2 Å². The van der Waals surface area contributed by atoms with Crippen LogP contribution in [0.5, 0.6) is 0 Å². The Bertz CT molecular complexity index is 1370. The lowest BCUT2D eigenvalue weighted by atomic mass is 10.00. The zero-order valence-corrected chi connectivity index (χ0v) is 23.1. The molecule has 0 aliphatic carbocycles. The minimum absolute atomic E-state index is 0.0293. The summed E-state index contributed by atoms with van der Waals surface area (Å²) in [6.45, 7) is 1.94. The molecule has 7 heteroatoms. The number of esters is 1. The van der Waals surface area contributed by atoms with E-state index in [1.165, 1.54) is 57.3 Å². The molecule has 1 heterocycles. The molecule has 0 amide bonds. The van der Waals surface area contributed by atoms with Crippen molar-refractivity contribution in [3.63, 3.8) is 0 Å². The molecule has 0 atom stereocenters. The largest absolute Gasteiger partial charge is 0.464 e. The molecule has 0 radical (unpaired) electrons. The van der Waals surface area contributed by atoms with Crippen LogP contribution in [-0.4, -0.2) is 32.7 Å². The van der Waals surface area contributed by atoms with Crippen molar-refractivity contribution in [1.29, 1.82) is 0 Å². The second kappa shape index (κ2) is 14.5. The number of hydrogen-bond donors (Lipinski definition) is 0. The third-order valence-electron chi connectivity index (χ3n) is 6.04. The highest BCUT2D eigenvalue weighted by Gasteiger charge is 2.12. The van der Waals surface area contributed by atoms with Crippen LogP contribution in [0.1, 0.15) is 78.3 Å². The lowest BCUT2D eigenvalue weighted by Crippen LogP contribution is -2.09. The van der Waals surface area contributed by atoms with E-state index in [-0.39, 0.29) is 18.0 Å². The summed E-state index contributed by atoms with van der Waals surface area (Å²) < 4.78 is 32.2. The standard InChI is InChI=1S/C31H35NO5S/c1-4-5-6-7-8-9-10-24-13-17-27(18-14-24)28-19-15-25(16-20-28)11-12-26-21-29(23-37-38(3,34)35)32-30(22-26)31(33)36-2/h13-22H,4-10,23H2,1-3H3. The van der Waals surface area contributed by atoms with E-state index in [1.54, 1.807) is 6.07 Å². The maximum Gasteiger partial charge on any atom is 0.356 e. The maximum atomic E-state index is 12.0. The number of unbranched alkanes of at least 4 members (excludes halogenated alkanes) is 5. The maximum absolute atomic E-state index is 12.0. The summed E-state index contributed by atoms with van der Waals surface area (Å²) in [6, 6.07) is 19.8. The van der Waals surface area contributed by atoms with Crippen molar-refractivity contribution < 1.29 is 22.1 Å². The highest BCUT2D eigenvalue weighted by Crippen LogP contribution is 2.21. The molecule has 3 aromatic rings. The van der Waals surface area contributed by atoms with E-state index in [0.717, 1.165) is 29.4 Å². The van der Waals surface area contributed by atoms with Gasteiger partial charge in [-0.2, -0.15) is 8.42 Å². The third kappa shape index (κ3) is 9.77. The number of carbonyl (C=O) groups excluding carboxylic acids is 1. The fraction of sp³-hybridized carbons (Fsp3) is 0.355. The Kier molecular flexibility index (Phi) is 11.1. The van der Waals surface area contributed by atoms with Gasteiger partial charge in [-0.05, 0) is 53.8 Å². The van der Waals surface area contributed by atoms with Crippen LogP contribution in [-0.2, 0) is 32.1 Å². The summed E-state index contributed by atoms with van der Waals surface area (Å²) in [7, 11) is -2.41. The van der Waals surface area contributed by atoms with Gasteiger partial charge in [0.1, 0.15) is 12.3 Å². The lowest BCUT2D eigenvalue weighted by molar-refractivity contribution is 0.0593. The fourth-order valence-electron chi connectivity index (χ4n) is 3.97. The molecule has 6 nitrogen and oxygen atoms in total. The Morgan fingerprint density at radius 2 is 1.45 bits per heavy atom. The van der Waals surface area contributed by atoms with Gasteiger partial charge < -0.3 is 4.74 Å². The number of methoxy groups -OCH3 is 1. The molecular formula is C31H35NO5S. The predicted octanol–water partition coefficient (Wildman–Crippen LogP) is 6.31. The van der Waals surface area contributed by atoms with E-state index < -0.39 is 16.1 Å². The Labute approximate surface area is 226 Å². The van der Waals surface area contributed by atoms with Crippen LogP contribution in [0, 0.1) is 11.8 Å². The van der Waals surface area contributed by atoms with Gasteiger partial charge in [0.15, 0.2) is 0 Å². The Hall–Kier alpha value is -3.47. The van der Waals surface area contributed by atoms with Crippen molar-refractivity contribution in [3.05, 3.63) is 88.7 Å². The molecule has 3 rings (SSSR count). The molecule has 0 saturated heterocycles. The van der Waals surface area contributed by atoms with Gasteiger partial charge in [-0.15, -0.1) is 0 Å².